The van der Waals surface area contributed by atoms with Gasteiger partial charge < -0.3 is 0 Å². The van der Waals surface area contributed by atoms with Gasteiger partial charge in [-0.05, 0) is 69.4 Å². The van der Waals surface area contributed by atoms with E-state index in [0.717, 1.165) is 7.14 Å². The van der Waals surface area contributed by atoms with Crippen molar-refractivity contribution in [1.29, 1.82) is 0 Å². The molecule has 0 aromatic heterocycles. The molecule has 0 bridgehead atoms. The van der Waals surface area contributed by atoms with Crippen molar-refractivity contribution in [1.82, 2.24) is 0 Å². The van der Waals surface area contributed by atoms with Gasteiger partial charge in [-0.1, -0.05) is 24.3 Å². The minimum absolute atomic E-state index is 0.365. The second kappa shape index (κ2) is 5.23. The lowest BCUT2D eigenvalue weighted by atomic mass is 10.4. The highest BCUT2D eigenvalue weighted by molar-refractivity contribution is 14.1. The molecule has 88 valence electrons. The van der Waals surface area contributed by atoms with E-state index in [-0.39, 0.29) is 0 Å². The SMILES string of the molecule is O=S(=O)(c1ccccc1I)c1ccccc1I. The van der Waals surface area contributed by atoms with Crippen LogP contribution in [0.5, 0.6) is 0 Å². The van der Waals surface area contributed by atoms with E-state index < -0.39 is 9.84 Å². The summed E-state index contributed by atoms with van der Waals surface area (Å²) >= 11 is 4.08. The van der Waals surface area contributed by atoms with Crippen LogP contribution in [0.15, 0.2) is 58.3 Å². The van der Waals surface area contributed by atoms with Crippen molar-refractivity contribution in [2.24, 2.45) is 0 Å². The molecule has 2 rings (SSSR count). The van der Waals surface area contributed by atoms with Crippen molar-refractivity contribution in [3.8, 4) is 0 Å². The summed E-state index contributed by atoms with van der Waals surface area (Å²) < 4.78 is 26.4. The molecule has 17 heavy (non-hydrogen) atoms. The minimum Gasteiger partial charge on any atom is -0.218 e. The lowest BCUT2D eigenvalue weighted by Gasteiger charge is -2.08. The van der Waals surface area contributed by atoms with Crippen LogP contribution in [0.2, 0.25) is 0 Å². The lowest BCUT2D eigenvalue weighted by Crippen LogP contribution is -2.05. The van der Waals surface area contributed by atoms with Crippen LogP contribution in [0.3, 0.4) is 0 Å². The highest BCUT2D eigenvalue weighted by atomic mass is 127. The third-order valence-corrected chi connectivity index (χ3v) is 6.74. The number of halogens is 2. The molecule has 0 saturated carbocycles. The zero-order valence-electron chi connectivity index (χ0n) is 8.60. The summed E-state index contributed by atoms with van der Waals surface area (Å²) in [6, 6.07) is 14.0. The minimum atomic E-state index is -3.42. The molecule has 0 aliphatic rings. The lowest BCUT2D eigenvalue weighted by molar-refractivity contribution is 0.595. The highest BCUT2D eigenvalue weighted by Crippen LogP contribution is 2.27. The molecular weight excluding hydrogens is 462 g/mol. The van der Waals surface area contributed by atoms with Crippen LogP contribution < -0.4 is 0 Å². The second-order valence-electron chi connectivity index (χ2n) is 3.36. The van der Waals surface area contributed by atoms with Gasteiger partial charge in [0.15, 0.2) is 0 Å². The maximum absolute atomic E-state index is 12.5. The van der Waals surface area contributed by atoms with Gasteiger partial charge in [-0.2, -0.15) is 0 Å². The first kappa shape index (κ1) is 13.3. The molecule has 2 aromatic carbocycles. The van der Waals surface area contributed by atoms with E-state index in [1.54, 1.807) is 36.4 Å². The van der Waals surface area contributed by atoms with Crippen molar-refractivity contribution in [2.45, 2.75) is 9.79 Å². The number of sulfone groups is 1. The van der Waals surface area contributed by atoms with Crippen molar-refractivity contribution in [2.75, 3.05) is 0 Å². The summed E-state index contributed by atoms with van der Waals surface area (Å²) in [5.41, 5.74) is 0. The zero-order chi connectivity index (χ0) is 12.5. The van der Waals surface area contributed by atoms with E-state index in [1.165, 1.54) is 0 Å². The van der Waals surface area contributed by atoms with E-state index in [1.807, 2.05) is 57.3 Å². The summed E-state index contributed by atoms with van der Waals surface area (Å²) in [7, 11) is -3.42. The predicted octanol–water partition coefficient (Wildman–Crippen LogP) is 3.73. The van der Waals surface area contributed by atoms with Crippen LogP contribution in [0.4, 0.5) is 0 Å². The van der Waals surface area contributed by atoms with Gasteiger partial charge >= 0.3 is 0 Å². The molecule has 0 unspecified atom stereocenters. The summed E-state index contributed by atoms with van der Waals surface area (Å²) in [6.45, 7) is 0. The number of hydrogen-bond acceptors (Lipinski definition) is 2. The third-order valence-electron chi connectivity index (χ3n) is 2.25. The Morgan fingerprint density at radius 3 is 1.41 bits per heavy atom. The molecule has 0 spiro atoms. The fourth-order valence-electron chi connectivity index (χ4n) is 1.44. The molecule has 0 saturated heterocycles. The van der Waals surface area contributed by atoms with Crippen molar-refractivity contribution in [3.05, 3.63) is 55.7 Å². The van der Waals surface area contributed by atoms with Crippen molar-refractivity contribution >= 4 is 55.0 Å². The molecule has 0 fully saturated rings. The molecule has 0 aliphatic heterocycles. The van der Waals surface area contributed by atoms with Gasteiger partial charge in [0.05, 0.1) is 9.79 Å². The standard InChI is InChI=1S/C12H8I2O2S/c13-9-5-1-3-7-11(9)17(15,16)12-8-4-2-6-10(12)14/h1-8H. The molecule has 0 radical (unpaired) electrons. The molecule has 5 heteroatoms. The van der Waals surface area contributed by atoms with Gasteiger partial charge in [0.2, 0.25) is 9.84 Å². The normalized spacial score (nSPS) is 11.4. The average molecular weight is 470 g/mol. The van der Waals surface area contributed by atoms with Crippen LogP contribution in [0, 0.1) is 7.14 Å². The number of rotatable bonds is 2. The summed E-state index contributed by atoms with van der Waals surface area (Å²) in [5.74, 6) is 0. The molecule has 0 amide bonds. The molecular formula is C12H8I2O2S. The first-order chi connectivity index (χ1) is 8.03. The van der Waals surface area contributed by atoms with Crippen molar-refractivity contribution < 1.29 is 8.42 Å². The van der Waals surface area contributed by atoms with Crippen LogP contribution in [-0.4, -0.2) is 8.42 Å². The molecule has 0 atom stereocenters. The van der Waals surface area contributed by atoms with E-state index in [4.69, 9.17) is 0 Å². The van der Waals surface area contributed by atoms with E-state index >= 15 is 0 Å². The summed E-state index contributed by atoms with van der Waals surface area (Å²) in [5, 5.41) is 0. The fourth-order valence-corrected chi connectivity index (χ4v) is 5.36. The molecule has 0 aliphatic carbocycles. The Labute approximate surface area is 128 Å². The molecule has 2 nitrogen and oxygen atoms in total. The van der Waals surface area contributed by atoms with Gasteiger partial charge in [0.25, 0.3) is 0 Å². The number of hydrogen-bond donors (Lipinski definition) is 0. The van der Waals surface area contributed by atoms with Gasteiger partial charge in [-0.25, -0.2) is 8.42 Å². The average Bonchev–Trinajstić information content (AvgIpc) is 2.29. The summed E-state index contributed by atoms with van der Waals surface area (Å²) in [4.78, 5) is 0.731. The predicted molar refractivity (Wildman–Crippen MR) is 83.8 cm³/mol. The van der Waals surface area contributed by atoms with Crippen LogP contribution >= 0.6 is 45.2 Å². The van der Waals surface area contributed by atoms with Crippen LogP contribution in [0.1, 0.15) is 0 Å². The van der Waals surface area contributed by atoms with E-state index in [9.17, 15) is 8.42 Å². The van der Waals surface area contributed by atoms with E-state index in [0.29, 0.717) is 9.79 Å². The molecule has 0 N–H and O–H groups in total. The monoisotopic (exact) mass is 470 g/mol. The maximum Gasteiger partial charge on any atom is 0.208 e. The molecule has 2 aromatic rings. The second-order valence-corrected chi connectivity index (χ2v) is 7.58. The van der Waals surface area contributed by atoms with Crippen molar-refractivity contribution in [3.63, 3.8) is 0 Å². The first-order valence-corrected chi connectivity index (χ1v) is 8.41. The Kier molecular flexibility index (Phi) is 4.09. The third kappa shape index (κ3) is 2.65. The Balaban J connectivity index is 2.67. The Morgan fingerprint density at radius 1 is 0.706 bits per heavy atom. The Morgan fingerprint density at radius 2 is 1.06 bits per heavy atom. The summed E-state index contributed by atoms with van der Waals surface area (Å²) in [6.07, 6.45) is 0. The smallest absolute Gasteiger partial charge is 0.208 e. The Hall–Kier alpha value is -0.150. The van der Waals surface area contributed by atoms with Gasteiger partial charge in [-0.15, -0.1) is 0 Å². The van der Waals surface area contributed by atoms with Gasteiger partial charge in [0, 0.05) is 7.14 Å². The largest absolute Gasteiger partial charge is 0.218 e. The Bertz CT molecular complexity index is 600. The van der Waals surface area contributed by atoms with Gasteiger partial charge in [-0.3, -0.25) is 0 Å². The highest BCUT2D eigenvalue weighted by Gasteiger charge is 2.21. The van der Waals surface area contributed by atoms with E-state index in [2.05, 4.69) is 0 Å². The maximum atomic E-state index is 12.5. The van der Waals surface area contributed by atoms with Gasteiger partial charge in [0.1, 0.15) is 0 Å². The van der Waals surface area contributed by atoms with Crippen LogP contribution in [0.25, 0.3) is 0 Å². The zero-order valence-corrected chi connectivity index (χ0v) is 13.7. The fraction of sp³-hybridized carbons (Fsp3) is 0. The quantitative estimate of drug-likeness (QED) is 0.628. The first-order valence-electron chi connectivity index (χ1n) is 4.77. The molecule has 0 heterocycles. The topological polar surface area (TPSA) is 34.1 Å². The number of benzene rings is 2. The van der Waals surface area contributed by atoms with Crippen LogP contribution in [-0.2, 0) is 9.84 Å².